The molecule has 0 radical (unpaired) electrons. The van der Waals surface area contributed by atoms with Gasteiger partial charge in [0.15, 0.2) is 11.5 Å². The van der Waals surface area contributed by atoms with E-state index < -0.39 is 0 Å². The summed E-state index contributed by atoms with van der Waals surface area (Å²) in [6, 6.07) is 6.74. The summed E-state index contributed by atoms with van der Waals surface area (Å²) < 4.78 is 10.8. The second-order valence-electron chi connectivity index (χ2n) is 5.51. The van der Waals surface area contributed by atoms with Gasteiger partial charge in [-0.1, -0.05) is 11.6 Å². The Hall–Kier alpha value is -1.23. The van der Waals surface area contributed by atoms with Gasteiger partial charge in [-0.05, 0) is 48.1 Å². The first-order valence-corrected chi connectivity index (χ1v) is 8.36. The zero-order chi connectivity index (χ0) is 14.4. The first-order valence-electron chi connectivity index (χ1n) is 7.10. The van der Waals surface area contributed by atoms with Gasteiger partial charge in [0, 0.05) is 24.0 Å². The summed E-state index contributed by atoms with van der Waals surface area (Å²) in [6.07, 6.45) is 1.13. The molecule has 0 bridgehead atoms. The molecular weight excluding hydrogens is 306 g/mol. The molecule has 3 heterocycles. The van der Waals surface area contributed by atoms with Gasteiger partial charge in [0.2, 0.25) is 6.79 Å². The second-order valence-corrected chi connectivity index (χ2v) is 6.91. The number of rotatable bonds is 2. The van der Waals surface area contributed by atoms with E-state index >= 15 is 0 Å². The van der Waals surface area contributed by atoms with Gasteiger partial charge in [-0.15, -0.1) is 11.3 Å². The maximum Gasteiger partial charge on any atom is 0.231 e. The SMILES string of the molecule is C[C@H]1c2ccsc2CCN1Cc1cc(Cl)c2c(c1)OCO2. The highest BCUT2D eigenvalue weighted by Crippen LogP contribution is 2.41. The van der Waals surface area contributed by atoms with Crippen LogP contribution in [0.25, 0.3) is 0 Å². The van der Waals surface area contributed by atoms with Crippen molar-refractivity contribution in [1.82, 2.24) is 4.90 Å². The summed E-state index contributed by atoms with van der Waals surface area (Å²) in [5.74, 6) is 1.44. The van der Waals surface area contributed by atoms with Crippen LogP contribution in [0.1, 0.15) is 29.0 Å². The highest BCUT2D eigenvalue weighted by atomic mass is 35.5. The van der Waals surface area contributed by atoms with E-state index in [1.54, 1.807) is 0 Å². The van der Waals surface area contributed by atoms with Gasteiger partial charge in [-0.25, -0.2) is 0 Å². The Balaban J connectivity index is 1.58. The minimum Gasteiger partial charge on any atom is -0.454 e. The van der Waals surface area contributed by atoms with E-state index in [-0.39, 0.29) is 6.79 Å². The van der Waals surface area contributed by atoms with Gasteiger partial charge < -0.3 is 9.47 Å². The maximum absolute atomic E-state index is 6.27. The molecule has 3 nitrogen and oxygen atoms in total. The van der Waals surface area contributed by atoms with E-state index in [9.17, 15) is 0 Å². The zero-order valence-corrected chi connectivity index (χ0v) is 13.3. The molecule has 1 aromatic heterocycles. The van der Waals surface area contributed by atoms with Crippen LogP contribution in [-0.4, -0.2) is 18.2 Å². The van der Waals surface area contributed by atoms with Crippen molar-refractivity contribution in [3.63, 3.8) is 0 Å². The van der Waals surface area contributed by atoms with E-state index in [4.69, 9.17) is 21.1 Å². The van der Waals surface area contributed by atoms with Crippen LogP contribution in [0.2, 0.25) is 5.02 Å². The number of hydrogen-bond acceptors (Lipinski definition) is 4. The Morgan fingerprint density at radius 3 is 3.19 bits per heavy atom. The van der Waals surface area contributed by atoms with E-state index in [0.29, 0.717) is 16.8 Å². The quantitative estimate of drug-likeness (QED) is 0.825. The van der Waals surface area contributed by atoms with Crippen molar-refractivity contribution in [2.45, 2.75) is 25.9 Å². The van der Waals surface area contributed by atoms with Crippen LogP contribution >= 0.6 is 22.9 Å². The number of halogens is 1. The van der Waals surface area contributed by atoms with Crippen molar-refractivity contribution in [1.29, 1.82) is 0 Å². The first kappa shape index (κ1) is 13.4. The molecule has 0 spiro atoms. The average Bonchev–Trinajstić information content (AvgIpc) is 3.10. The predicted molar refractivity (Wildman–Crippen MR) is 84.4 cm³/mol. The number of ether oxygens (including phenoxy) is 2. The lowest BCUT2D eigenvalue weighted by Crippen LogP contribution is -2.32. The van der Waals surface area contributed by atoms with Crippen molar-refractivity contribution in [2.75, 3.05) is 13.3 Å². The standard InChI is InChI=1S/C16H16ClNO2S/c1-10-12-3-5-21-15(12)2-4-18(10)8-11-6-13(17)16-14(7-11)19-9-20-16/h3,5-7,10H,2,4,8-9H2,1H3/t10-/m0/s1. The van der Waals surface area contributed by atoms with Crippen molar-refractivity contribution in [2.24, 2.45) is 0 Å². The Kier molecular flexibility index (Phi) is 3.32. The summed E-state index contributed by atoms with van der Waals surface area (Å²) in [4.78, 5) is 4.02. The summed E-state index contributed by atoms with van der Waals surface area (Å²) >= 11 is 8.14. The molecule has 0 N–H and O–H groups in total. The molecular formula is C16H16ClNO2S. The third-order valence-corrected chi connectivity index (χ3v) is 5.55. The Morgan fingerprint density at radius 2 is 2.29 bits per heavy atom. The van der Waals surface area contributed by atoms with Gasteiger partial charge in [0.25, 0.3) is 0 Å². The highest BCUT2D eigenvalue weighted by molar-refractivity contribution is 7.10. The first-order chi connectivity index (χ1) is 10.2. The van der Waals surface area contributed by atoms with Crippen LogP contribution in [0.3, 0.4) is 0 Å². The Labute approximate surface area is 133 Å². The van der Waals surface area contributed by atoms with Crippen LogP contribution in [0.4, 0.5) is 0 Å². The van der Waals surface area contributed by atoms with Gasteiger partial charge in [-0.2, -0.15) is 0 Å². The molecule has 4 rings (SSSR count). The maximum atomic E-state index is 6.27. The molecule has 0 saturated carbocycles. The topological polar surface area (TPSA) is 21.7 Å². The smallest absolute Gasteiger partial charge is 0.231 e. The van der Waals surface area contributed by atoms with Gasteiger partial charge >= 0.3 is 0 Å². The van der Waals surface area contributed by atoms with Crippen molar-refractivity contribution in [3.8, 4) is 11.5 Å². The van der Waals surface area contributed by atoms with E-state index in [2.05, 4.69) is 23.3 Å². The Bertz CT molecular complexity index is 685. The third-order valence-electron chi connectivity index (χ3n) is 4.28. The molecule has 0 amide bonds. The molecule has 0 aliphatic carbocycles. The zero-order valence-electron chi connectivity index (χ0n) is 11.8. The van der Waals surface area contributed by atoms with E-state index in [1.807, 2.05) is 23.5 Å². The minimum absolute atomic E-state index is 0.261. The highest BCUT2D eigenvalue weighted by Gasteiger charge is 2.26. The number of thiophene rings is 1. The predicted octanol–water partition coefficient (Wildman–Crippen LogP) is 4.25. The summed E-state index contributed by atoms with van der Waals surface area (Å²) in [5.41, 5.74) is 2.65. The van der Waals surface area contributed by atoms with Crippen LogP contribution in [0, 0.1) is 0 Å². The molecule has 0 fully saturated rings. The average molecular weight is 322 g/mol. The van der Waals surface area contributed by atoms with Crippen LogP contribution in [0.5, 0.6) is 11.5 Å². The van der Waals surface area contributed by atoms with E-state index in [0.717, 1.165) is 25.3 Å². The number of fused-ring (bicyclic) bond motifs is 2. The molecule has 1 atom stereocenters. The summed E-state index contributed by atoms with van der Waals surface area (Å²) in [5, 5.41) is 2.84. The van der Waals surface area contributed by atoms with Gasteiger partial charge in [-0.3, -0.25) is 4.90 Å². The minimum atomic E-state index is 0.261. The fourth-order valence-corrected chi connectivity index (χ4v) is 4.37. The fraction of sp³-hybridized carbons (Fsp3) is 0.375. The molecule has 5 heteroatoms. The second kappa shape index (κ2) is 5.20. The van der Waals surface area contributed by atoms with Gasteiger partial charge in [0.05, 0.1) is 5.02 Å². The summed E-state index contributed by atoms with van der Waals surface area (Å²) in [7, 11) is 0. The molecule has 21 heavy (non-hydrogen) atoms. The lowest BCUT2D eigenvalue weighted by molar-refractivity contribution is 0.173. The monoisotopic (exact) mass is 321 g/mol. The van der Waals surface area contributed by atoms with Crippen molar-refractivity contribution < 1.29 is 9.47 Å². The molecule has 110 valence electrons. The molecule has 2 aliphatic heterocycles. The molecule has 0 saturated heterocycles. The fourth-order valence-electron chi connectivity index (χ4n) is 3.12. The Morgan fingerprint density at radius 1 is 1.38 bits per heavy atom. The molecule has 0 unspecified atom stereocenters. The molecule has 2 aromatic rings. The number of nitrogens with zero attached hydrogens (tertiary/aromatic N) is 1. The molecule has 1 aromatic carbocycles. The van der Waals surface area contributed by atoms with Gasteiger partial charge in [0.1, 0.15) is 0 Å². The largest absolute Gasteiger partial charge is 0.454 e. The number of benzene rings is 1. The molecule has 2 aliphatic rings. The third kappa shape index (κ3) is 2.31. The van der Waals surface area contributed by atoms with Crippen molar-refractivity contribution in [3.05, 3.63) is 44.6 Å². The van der Waals surface area contributed by atoms with E-state index in [1.165, 1.54) is 16.0 Å². The van der Waals surface area contributed by atoms with Crippen LogP contribution in [-0.2, 0) is 13.0 Å². The van der Waals surface area contributed by atoms with Crippen molar-refractivity contribution >= 4 is 22.9 Å². The number of hydrogen-bond donors (Lipinski definition) is 0. The summed E-state index contributed by atoms with van der Waals surface area (Å²) in [6.45, 7) is 4.50. The van der Waals surface area contributed by atoms with Crippen LogP contribution < -0.4 is 9.47 Å². The lowest BCUT2D eigenvalue weighted by atomic mass is 10.0. The normalized spacial score (nSPS) is 20.6. The van der Waals surface area contributed by atoms with Crippen LogP contribution in [0.15, 0.2) is 23.6 Å². The lowest BCUT2D eigenvalue weighted by Gasteiger charge is -2.33.